The molecular formula is C11H12N2O. The molecule has 72 valence electrons. The number of rotatable bonds is 2. The Hall–Kier alpha value is -1.61. The summed E-state index contributed by atoms with van der Waals surface area (Å²) >= 11 is 0. The molecular weight excluding hydrogens is 176 g/mol. The van der Waals surface area contributed by atoms with E-state index >= 15 is 0 Å². The van der Waals surface area contributed by atoms with E-state index < -0.39 is 6.10 Å². The fourth-order valence-corrected chi connectivity index (χ4v) is 1.35. The normalized spacial score (nSPS) is 12.7. The van der Waals surface area contributed by atoms with Crippen molar-refractivity contribution in [2.45, 2.75) is 13.0 Å². The first kappa shape index (κ1) is 8.97. The number of aromatic amines is 1. The van der Waals surface area contributed by atoms with E-state index in [-0.39, 0.29) is 0 Å². The maximum atomic E-state index is 9.33. The third-order valence-electron chi connectivity index (χ3n) is 2.20. The summed E-state index contributed by atoms with van der Waals surface area (Å²) < 4.78 is 0. The van der Waals surface area contributed by atoms with E-state index in [9.17, 15) is 5.11 Å². The van der Waals surface area contributed by atoms with Crippen LogP contribution in [-0.2, 0) is 0 Å². The summed E-state index contributed by atoms with van der Waals surface area (Å²) in [5, 5.41) is 9.33. The van der Waals surface area contributed by atoms with E-state index in [0.29, 0.717) is 0 Å². The van der Waals surface area contributed by atoms with Crippen LogP contribution < -0.4 is 0 Å². The Balaban J connectivity index is 2.31. The highest BCUT2D eigenvalue weighted by Gasteiger charge is 2.01. The van der Waals surface area contributed by atoms with Crippen LogP contribution in [0.1, 0.15) is 18.6 Å². The van der Waals surface area contributed by atoms with Gasteiger partial charge < -0.3 is 10.1 Å². The van der Waals surface area contributed by atoms with Crippen LogP contribution in [-0.4, -0.2) is 15.1 Å². The van der Waals surface area contributed by atoms with Gasteiger partial charge >= 0.3 is 0 Å². The molecule has 3 heteroatoms. The highest BCUT2D eigenvalue weighted by atomic mass is 16.3. The van der Waals surface area contributed by atoms with Gasteiger partial charge in [0.1, 0.15) is 0 Å². The lowest BCUT2D eigenvalue weighted by atomic mass is 10.1. The standard InChI is InChI=1S/C11H12N2O/c1-8(14)9-2-4-10(5-3-9)11-6-12-7-13-11/h2-8,14H,1H3,(H,12,13). The van der Waals surface area contributed by atoms with Gasteiger partial charge in [-0.25, -0.2) is 4.98 Å². The summed E-state index contributed by atoms with van der Waals surface area (Å²) in [6, 6.07) is 7.77. The van der Waals surface area contributed by atoms with Crippen molar-refractivity contribution in [3.05, 3.63) is 42.4 Å². The molecule has 0 aliphatic carbocycles. The van der Waals surface area contributed by atoms with Crippen LogP contribution >= 0.6 is 0 Å². The highest BCUT2D eigenvalue weighted by molar-refractivity contribution is 5.58. The van der Waals surface area contributed by atoms with Crippen LogP contribution in [0, 0.1) is 0 Å². The van der Waals surface area contributed by atoms with Crippen molar-refractivity contribution in [3.63, 3.8) is 0 Å². The molecule has 14 heavy (non-hydrogen) atoms. The monoisotopic (exact) mass is 188 g/mol. The maximum absolute atomic E-state index is 9.33. The van der Waals surface area contributed by atoms with E-state index in [2.05, 4.69) is 9.97 Å². The van der Waals surface area contributed by atoms with Crippen molar-refractivity contribution in [1.82, 2.24) is 9.97 Å². The van der Waals surface area contributed by atoms with Gasteiger partial charge in [-0.3, -0.25) is 0 Å². The minimum Gasteiger partial charge on any atom is -0.389 e. The van der Waals surface area contributed by atoms with Crippen molar-refractivity contribution in [2.75, 3.05) is 0 Å². The molecule has 1 heterocycles. The number of hydrogen-bond donors (Lipinski definition) is 2. The molecule has 2 aromatic rings. The van der Waals surface area contributed by atoms with Gasteiger partial charge in [0.25, 0.3) is 0 Å². The van der Waals surface area contributed by atoms with Gasteiger partial charge in [-0.2, -0.15) is 0 Å². The van der Waals surface area contributed by atoms with Crippen molar-refractivity contribution in [1.29, 1.82) is 0 Å². The summed E-state index contributed by atoms with van der Waals surface area (Å²) in [6.07, 6.45) is 3.01. The maximum Gasteiger partial charge on any atom is 0.0924 e. The van der Waals surface area contributed by atoms with Gasteiger partial charge in [0, 0.05) is 0 Å². The van der Waals surface area contributed by atoms with E-state index in [0.717, 1.165) is 16.8 Å². The molecule has 2 N–H and O–H groups in total. The van der Waals surface area contributed by atoms with Gasteiger partial charge in [-0.05, 0) is 18.1 Å². The summed E-state index contributed by atoms with van der Waals surface area (Å²) in [4.78, 5) is 6.98. The molecule has 3 nitrogen and oxygen atoms in total. The van der Waals surface area contributed by atoms with Crippen LogP contribution in [0.3, 0.4) is 0 Å². The fourth-order valence-electron chi connectivity index (χ4n) is 1.35. The Labute approximate surface area is 82.4 Å². The molecule has 1 aromatic carbocycles. The number of nitrogens with one attached hydrogen (secondary N) is 1. The number of imidazole rings is 1. The van der Waals surface area contributed by atoms with Crippen LogP contribution in [0.4, 0.5) is 0 Å². The van der Waals surface area contributed by atoms with Crippen LogP contribution in [0.25, 0.3) is 11.3 Å². The topological polar surface area (TPSA) is 48.9 Å². The van der Waals surface area contributed by atoms with Gasteiger partial charge in [-0.15, -0.1) is 0 Å². The lowest BCUT2D eigenvalue weighted by molar-refractivity contribution is 0.199. The summed E-state index contributed by atoms with van der Waals surface area (Å²) in [5.41, 5.74) is 2.99. The Morgan fingerprint density at radius 2 is 2.00 bits per heavy atom. The largest absolute Gasteiger partial charge is 0.389 e. The summed E-state index contributed by atoms with van der Waals surface area (Å²) in [7, 11) is 0. The molecule has 0 amide bonds. The minimum absolute atomic E-state index is 0.411. The Bertz CT molecular complexity index is 390. The third kappa shape index (κ3) is 1.67. The fraction of sp³-hybridized carbons (Fsp3) is 0.182. The molecule has 0 fully saturated rings. The molecule has 0 bridgehead atoms. The van der Waals surface area contributed by atoms with Crippen molar-refractivity contribution >= 4 is 0 Å². The van der Waals surface area contributed by atoms with Crippen LogP contribution in [0.2, 0.25) is 0 Å². The zero-order chi connectivity index (χ0) is 9.97. The SMILES string of the molecule is CC(O)c1ccc(-c2cnc[nH]2)cc1. The molecule has 0 aliphatic rings. The van der Waals surface area contributed by atoms with Gasteiger partial charge in [0.05, 0.1) is 24.3 Å². The van der Waals surface area contributed by atoms with E-state index in [1.54, 1.807) is 19.4 Å². The molecule has 0 aliphatic heterocycles. The Morgan fingerprint density at radius 3 is 2.50 bits per heavy atom. The Morgan fingerprint density at radius 1 is 1.29 bits per heavy atom. The Kier molecular flexibility index (Phi) is 2.33. The summed E-state index contributed by atoms with van der Waals surface area (Å²) in [5.74, 6) is 0. The number of H-pyrrole nitrogens is 1. The van der Waals surface area contributed by atoms with E-state index in [1.807, 2.05) is 24.3 Å². The zero-order valence-corrected chi connectivity index (χ0v) is 7.94. The minimum atomic E-state index is -0.411. The molecule has 1 atom stereocenters. The number of aliphatic hydroxyl groups is 1. The van der Waals surface area contributed by atoms with E-state index in [4.69, 9.17) is 0 Å². The summed E-state index contributed by atoms with van der Waals surface area (Å²) in [6.45, 7) is 1.76. The second-order valence-corrected chi connectivity index (χ2v) is 3.26. The predicted molar refractivity (Wildman–Crippen MR) is 54.7 cm³/mol. The first-order valence-electron chi connectivity index (χ1n) is 4.54. The molecule has 0 radical (unpaired) electrons. The first-order chi connectivity index (χ1) is 6.77. The van der Waals surface area contributed by atoms with Crippen molar-refractivity contribution < 1.29 is 5.11 Å². The van der Waals surface area contributed by atoms with Crippen molar-refractivity contribution in [3.8, 4) is 11.3 Å². The lowest BCUT2D eigenvalue weighted by Gasteiger charge is -2.04. The predicted octanol–water partition coefficient (Wildman–Crippen LogP) is 2.13. The molecule has 0 saturated heterocycles. The lowest BCUT2D eigenvalue weighted by Crippen LogP contribution is -1.89. The molecule has 0 spiro atoms. The quantitative estimate of drug-likeness (QED) is 0.758. The molecule has 1 aromatic heterocycles. The van der Waals surface area contributed by atoms with Gasteiger partial charge in [0.15, 0.2) is 0 Å². The number of aromatic nitrogens is 2. The van der Waals surface area contributed by atoms with E-state index in [1.165, 1.54) is 0 Å². The molecule has 2 rings (SSSR count). The highest BCUT2D eigenvalue weighted by Crippen LogP contribution is 2.19. The number of aliphatic hydroxyl groups excluding tert-OH is 1. The average molecular weight is 188 g/mol. The van der Waals surface area contributed by atoms with Crippen LogP contribution in [0.15, 0.2) is 36.8 Å². The third-order valence-corrected chi connectivity index (χ3v) is 2.20. The smallest absolute Gasteiger partial charge is 0.0924 e. The van der Waals surface area contributed by atoms with Gasteiger partial charge in [0.2, 0.25) is 0 Å². The van der Waals surface area contributed by atoms with Crippen molar-refractivity contribution in [2.24, 2.45) is 0 Å². The van der Waals surface area contributed by atoms with Gasteiger partial charge in [-0.1, -0.05) is 24.3 Å². The first-order valence-corrected chi connectivity index (χ1v) is 4.54. The number of nitrogens with zero attached hydrogens (tertiary/aromatic N) is 1. The molecule has 0 saturated carbocycles. The second kappa shape index (κ2) is 3.64. The average Bonchev–Trinajstić information content (AvgIpc) is 2.71. The van der Waals surface area contributed by atoms with Crippen LogP contribution in [0.5, 0.6) is 0 Å². The number of hydrogen-bond acceptors (Lipinski definition) is 2. The number of benzene rings is 1. The second-order valence-electron chi connectivity index (χ2n) is 3.26. The zero-order valence-electron chi connectivity index (χ0n) is 7.94. The molecule has 1 unspecified atom stereocenters.